The van der Waals surface area contributed by atoms with Gasteiger partial charge in [0.15, 0.2) is 0 Å². The van der Waals surface area contributed by atoms with Crippen molar-refractivity contribution in [3.05, 3.63) is 78.1 Å². The topological polar surface area (TPSA) is 79.3 Å². The Hall–Kier alpha value is -3.47. The SMILES string of the molecule is CC(=CC(=O)Nc1ccccc1C(=O)O)c1nccc2ccccc12. The van der Waals surface area contributed by atoms with Crippen LogP contribution in [0.15, 0.2) is 66.9 Å². The predicted molar refractivity (Wildman–Crippen MR) is 97.4 cm³/mol. The van der Waals surface area contributed by atoms with E-state index in [0.29, 0.717) is 5.57 Å². The van der Waals surface area contributed by atoms with Crippen molar-refractivity contribution in [1.29, 1.82) is 0 Å². The summed E-state index contributed by atoms with van der Waals surface area (Å²) in [6.07, 6.45) is 3.13. The molecule has 1 amide bonds. The molecule has 0 unspecified atom stereocenters. The normalized spacial score (nSPS) is 11.3. The zero-order valence-corrected chi connectivity index (χ0v) is 13.6. The number of allylic oxidation sites excluding steroid dienone is 1. The van der Waals surface area contributed by atoms with Crippen LogP contribution in [0.25, 0.3) is 16.3 Å². The highest BCUT2D eigenvalue weighted by Gasteiger charge is 2.11. The van der Waals surface area contributed by atoms with E-state index in [2.05, 4.69) is 10.3 Å². The first kappa shape index (κ1) is 16.4. The molecular formula is C20H16N2O3. The van der Waals surface area contributed by atoms with Gasteiger partial charge in [0.1, 0.15) is 0 Å². The number of carboxylic acid groups (broad SMARTS) is 1. The van der Waals surface area contributed by atoms with Crippen molar-refractivity contribution in [2.75, 3.05) is 5.32 Å². The van der Waals surface area contributed by atoms with Gasteiger partial charge in [0.25, 0.3) is 0 Å². The molecule has 1 aromatic heterocycles. The molecule has 124 valence electrons. The zero-order valence-electron chi connectivity index (χ0n) is 13.6. The van der Waals surface area contributed by atoms with Gasteiger partial charge in [-0.2, -0.15) is 0 Å². The highest BCUT2D eigenvalue weighted by Crippen LogP contribution is 2.23. The third-order valence-corrected chi connectivity index (χ3v) is 3.81. The molecule has 0 saturated heterocycles. The first-order valence-electron chi connectivity index (χ1n) is 7.72. The molecule has 0 aliphatic heterocycles. The van der Waals surface area contributed by atoms with E-state index < -0.39 is 11.9 Å². The van der Waals surface area contributed by atoms with Gasteiger partial charge < -0.3 is 10.4 Å². The number of nitrogens with one attached hydrogen (secondary N) is 1. The van der Waals surface area contributed by atoms with E-state index in [1.807, 2.05) is 30.3 Å². The molecule has 0 fully saturated rings. The molecular weight excluding hydrogens is 316 g/mol. The first-order chi connectivity index (χ1) is 12.1. The highest BCUT2D eigenvalue weighted by molar-refractivity contribution is 6.08. The van der Waals surface area contributed by atoms with Crippen LogP contribution in [0.4, 0.5) is 5.69 Å². The maximum atomic E-state index is 12.3. The summed E-state index contributed by atoms with van der Waals surface area (Å²) < 4.78 is 0. The minimum atomic E-state index is -1.09. The highest BCUT2D eigenvalue weighted by atomic mass is 16.4. The summed E-state index contributed by atoms with van der Waals surface area (Å²) in [5.41, 5.74) is 1.72. The lowest BCUT2D eigenvalue weighted by molar-refractivity contribution is -0.111. The molecule has 2 aromatic carbocycles. The van der Waals surface area contributed by atoms with Gasteiger partial charge in [0, 0.05) is 17.7 Å². The monoisotopic (exact) mass is 332 g/mol. The number of carbonyl (C=O) groups excluding carboxylic acids is 1. The van der Waals surface area contributed by atoms with E-state index in [-0.39, 0.29) is 11.3 Å². The third-order valence-electron chi connectivity index (χ3n) is 3.81. The molecule has 5 nitrogen and oxygen atoms in total. The second kappa shape index (κ2) is 6.97. The fourth-order valence-corrected chi connectivity index (χ4v) is 2.65. The average molecular weight is 332 g/mol. The Kier molecular flexibility index (Phi) is 4.57. The van der Waals surface area contributed by atoms with Crippen molar-refractivity contribution in [1.82, 2.24) is 4.98 Å². The second-order valence-corrected chi connectivity index (χ2v) is 5.55. The Bertz CT molecular complexity index is 988. The van der Waals surface area contributed by atoms with Crippen LogP contribution in [0, 0.1) is 0 Å². The third kappa shape index (κ3) is 3.55. The van der Waals surface area contributed by atoms with Crippen molar-refractivity contribution >= 4 is 33.9 Å². The van der Waals surface area contributed by atoms with Gasteiger partial charge in [0.05, 0.1) is 16.9 Å². The Morgan fingerprint density at radius 3 is 2.56 bits per heavy atom. The number of aromatic carboxylic acids is 1. The number of carboxylic acids is 1. The van der Waals surface area contributed by atoms with Gasteiger partial charge in [-0.15, -0.1) is 0 Å². The Morgan fingerprint density at radius 1 is 1.04 bits per heavy atom. The molecule has 5 heteroatoms. The number of anilines is 1. The number of aromatic nitrogens is 1. The molecule has 3 aromatic rings. The van der Waals surface area contributed by atoms with Crippen LogP contribution in [0.1, 0.15) is 23.0 Å². The number of carbonyl (C=O) groups is 2. The Balaban J connectivity index is 1.90. The van der Waals surface area contributed by atoms with Gasteiger partial charge in [-0.25, -0.2) is 4.79 Å². The molecule has 0 aliphatic rings. The van der Waals surface area contributed by atoms with E-state index >= 15 is 0 Å². The van der Waals surface area contributed by atoms with Crippen molar-refractivity contribution in [2.24, 2.45) is 0 Å². The maximum absolute atomic E-state index is 12.3. The lowest BCUT2D eigenvalue weighted by Crippen LogP contribution is -2.12. The summed E-state index contributed by atoms with van der Waals surface area (Å²) in [6.45, 7) is 1.80. The van der Waals surface area contributed by atoms with Crippen LogP contribution in [-0.4, -0.2) is 22.0 Å². The Labute approximate surface area is 144 Å². The van der Waals surface area contributed by atoms with E-state index in [4.69, 9.17) is 0 Å². The molecule has 0 aliphatic carbocycles. The molecule has 2 N–H and O–H groups in total. The summed E-state index contributed by atoms with van der Waals surface area (Å²) in [4.78, 5) is 27.9. The smallest absolute Gasteiger partial charge is 0.337 e. The van der Waals surface area contributed by atoms with Gasteiger partial charge in [-0.1, -0.05) is 36.4 Å². The van der Waals surface area contributed by atoms with Crippen molar-refractivity contribution in [3.8, 4) is 0 Å². The largest absolute Gasteiger partial charge is 0.478 e. The molecule has 0 radical (unpaired) electrons. The quantitative estimate of drug-likeness (QED) is 0.708. The molecule has 0 spiro atoms. The standard InChI is InChI=1S/C20H16N2O3/c1-13(19-15-7-3-2-6-14(15)10-11-21-19)12-18(23)22-17-9-5-4-8-16(17)20(24)25/h2-12H,1H3,(H,22,23)(H,24,25). The number of rotatable bonds is 4. The Morgan fingerprint density at radius 2 is 1.76 bits per heavy atom. The van der Waals surface area contributed by atoms with E-state index in [0.717, 1.165) is 16.5 Å². The fourth-order valence-electron chi connectivity index (χ4n) is 2.65. The number of amides is 1. The molecule has 0 bridgehead atoms. The van der Waals surface area contributed by atoms with Crippen molar-refractivity contribution in [3.63, 3.8) is 0 Å². The van der Waals surface area contributed by atoms with Crippen LogP contribution in [-0.2, 0) is 4.79 Å². The van der Waals surface area contributed by atoms with Crippen LogP contribution < -0.4 is 5.32 Å². The molecule has 0 saturated carbocycles. The van der Waals surface area contributed by atoms with Gasteiger partial charge in [0.2, 0.25) is 5.91 Å². The lowest BCUT2D eigenvalue weighted by Gasteiger charge is -2.08. The first-order valence-corrected chi connectivity index (χ1v) is 7.72. The van der Waals surface area contributed by atoms with E-state index in [9.17, 15) is 14.7 Å². The number of benzene rings is 2. The van der Waals surface area contributed by atoms with Crippen molar-refractivity contribution < 1.29 is 14.7 Å². The summed E-state index contributed by atoms with van der Waals surface area (Å²) >= 11 is 0. The number of para-hydroxylation sites is 1. The molecule has 1 heterocycles. The minimum absolute atomic E-state index is 0.0465. The maximum Gasteiger partial charge on any atom is 0.337 e. The number of hydrogen-bond acceptors (Lipinski definition) is 3. The average Bonchev–Trinajstić information content (AvgIpc) is 2.61. The second-order valence-electron chi connectivity index (χ2n) is 5.55. The van der Waals surface area contributed by atoms with E-state index in [1.54, 1.807) is 31.3 Å². The summed E-state index contributed by atoms with van der Waals surface area (Å²) in [5, 5.41) is 13.8. The number of pyridine rings is 1. The summed E-state index contributed by atoms with van der Waals surface area (Å²) in [5.74, 6) is -1.49. The fraction of sp³-hybridized carbons (Fsp3) is 0.0500. The molecule has 0 atom stereocenters. The van der Waals surface area contributed by atoms with Crippen LogP contribution in [0.3, 0.4) is 0 Å². The van der Waals surface area contributed by atoms with Crippen LogP contribution in [0.5, 0.6) is 0 Å². The van der Waals surface area contributed by atoms with Crippen LogP contribution in [0.2, 0.25) is 0 Å². The number of nitrogens with zero attached hydrogens (tertiary/aromatic N) is 1. The van der Waals surface area contributed by atoms with Gasteiger partial charge >= 0.3 is 5.97 Å². The molecule has 25 heavy (non-hydrogen) atoms. The van der Waals surface area contributed by atoms with Crippen molar-refractivity contribution in [2.45, 2.75) is 6.92 Å². The zero-order chi connectivity index (χ0) is 17.8. The summed E-state index contributed by atoms with van der Waals surface area (Å²) in [6, 6.07) is 16.0. The van der Waals surface area contributed by atoms with Gasteiger partial charge in [-0.3, -0.25) is 9.78 Å². The summed E-state index contributed by atoms with van der Waals surface area (Å²) in [7, 11) is 0. The lowest BCUT2D eigenvalue weighted by atomic mass is 10.0. The molecule has 3 rings (SSSR count). The number of hydrogen-bond donors (Lipinski definition) is 2. The predicted octanol–water partition coefficient (Wildman–Crippen LogP) is 3.98. The van der Waals surface area contributed by atoms with Crippen LogP contribution >= 0.6 is 0 Å². The minimum Gasteiger partial charge on any atom is -0.478 e. The van der Waals surface area contributed by atoms with E-state index in [1.165, 1.54) is 12.1 Å². The number of fused-ring (bicyclic) bond motifs is 1. The van der Waals surface area contributed by atoms with Gasteiger partial charge in [-0.05, 0) is 36.1 Å².